The van der Waals surface area contributed by atoms with E-state index in [0.29, 0.717) is 12.2 Å². The second-order valence-electron chi connectivity index (χ2n) is 6.20. The number of nitrogens with zero attached hydrogens (tertiary/aromatic N) is 2. The summed E-state index contributed by atoms with van der Waals surface area (Å²) < 4.78 is 8.93. The maximum atomic E-state index is 10.8. The Balaban J connectivity index is 1.80. The molecule has 0 fully saturated rings. The van der Waals surface area contributed by atoms with Crippen LogP contribution in [0.1, 0.15) is 16.7 Å². The molecule has 150 valence electrons. The van der Waals surface area contributed by atoms with E-state index in [-0.39, 0.29) is 5.69 Å². The monoisotopic (exact) mass is 734 g/mol. The largest absolute Gasteiger partial charge is 0.487 e. The maximum absolute atomic E-state index is 10.8. The van der Waals surface area contributed by atoms with E-state index in [2.05, 4.69) is 73.8 Å². The van der Waals surface area contributed by atoms with Crippen LogP contribution in [0.2, 0.25) is 0 Å². The molecular formula is C22H13I3N2O3. The van der Waals surface area contributed by atoms with E-state index in [4.69, 9.17) is 4.74 Å². The van der Waals surface area contributed by atoms with Crippen LogP contribution in [0.15, 0.2) is 60.7 Å². The zero-order valence-corrected chi connectivity index (χ0v) is 21.8. The smallest absolute Gasteiger partial charge is 0.269 e. The molecule has 0 aliphatic carbocycles. The highest BCUT2D eigenvalue weighted by Crippen LogP contribution is 2.31. The summed E-state index contributed by atoms with van der Waals surface area (Å²) >= 11 is 6.66. The Bertz CT molecular complexity index is 1130. The number of hydrogen-bond donors (Lipinski definition) is 0. The van der Waals surface area contributed by atoms with E-state index in [9.17, 15) is 15.4 Å². The van der Waals surface area contributed by atoms with Gasteiger partial charge in [0.2, 0.25) is 0 Å². The first-order valence-corrected chi connectivity index (χ1v) is 11.8. The summed E-state index contributed by atoms with van der Waals surface area (Å²) in [4.78, 5) is 10.3. The van der Waals surface area contributed by atoms with E-state index < -0.39 is 4.92 Å². The lowest BCUT2D eigenvalue weighted by Crippen LogP contribution is -2.00. The zero-order chi connectivity index (χ0) is 21.7. The van der Waals surface area contributed by atoms with Crippen molar-refractivity contribution in [3.63, 3.8) is 0 Å². The lowest BCUT2D eigenvalue weighted by molar-refractivity contribution is -0.384. The van der Waals surface area contributed by atoms with Gasteiger partial charge in [0.1, 0.15) is 12.4 Å². The molecule has 0 aliphatic rings. The normalized spacial score (nSPS) is 11.1. The minimum atomic E-state index is -0.422. The van der Waals surface area contributed by atoms with Gasteiger partial charge in [0.05, 0.1) is 23.7 Å². The summed E-state index contributed by atoms with van der Waals surface area (Å²) in [5.74, 6) is 0.750. The van der Waals surface area contributed by atoms with Gasteiger partial charge in [-0.2, -0.15) is 5.26 Å². The third-order valence-electron chi connectivity index (χ3n) is 4.14. The first kappa shape index (κ1) is 23.0. The van der Waals surface area contributed by atoms with E-state index in [1.54, 1.807) is 12.1 Å². The highest BCUT2D eigenvalue weighted by molar-refractivity contribution is 14.1. The predicted octanol–water partition coefficient (Wildman–Crippen LogP) is 7.05. The SMILES string of the molecule is N#C/C(=C/c1cc(I)c(OCc2ccc([N+](=O)[O-])cc2)c(I)c1)c1ccc(I)cc1. The summed E-state index contributed by atoms with van der Waals surface area (Å²) in [6, 6.07) is 20.4. The van der Waals surface area contributed by atoms with Crippen LogP contribution in [-0.2, 0) is 6.61 Å². The topological polar surface area (TPSA) is 76.2 Å². The fraction of sp³-hybridized carbons (Fsp3) is 0.0455. The Morgan fingerprint density at radius 1 is 1.03 bits per heavy atom. The van der Waals surface area contributed by atoms with Gasteiger partial charge in [-0.25, -0.2) is 0 Å². The van der Waals surface area contributed by atoms with Gasteiger partial charge >= 0.3 is 0 Å². The van der Waals surface area contributed by atoms with E-state index in [1.807, 2.05) is 42.5 Å². The van der Waals surface area contributed by atoms with Crippen molar-refractivity contribution >= 4 is 85.1 Å². The quantitative estimate of drug-likeness (QED) is 0.0895. The van der Waals surface area contributed by atoms with Gasteiger partial charge in [0.15, 0.2) is 0 Å². The third-order valence-corrected chi connectivity index (χ3v) is 6.46. The van der Waals surface area contributed by atoms with Gasteiger partial charge in [0.25, 0.3) is 5.69 Å². The molecule has 5 nitrogen and oxygen atoms in total. The number of allylic oxidation sites excluding steroid dienone is 1. The Hall–Kier alpha value is -1.72. The molecule has 0 unspecified atom stereocenters. The van der Waals surface area contributed by atoms with Crippen LogP contribution in [0.4, 0.5) is 5.69 Å². The molecule has 0 radical (unpaired) electrons. The number of ether oxygens (including phenoxy) is 1. The van der Waals surface area contributed by atoms with E-state index >= 15 is 0 Å². The van der Waals surface area contributed by atoms with Crippen LogP contribution in [0, 0.1) is 32.2 Å². The highest BCUT2D eigenvalue weighted by Gasteiger charge is 2.11. The molecule has 3 rings (SSSR count). The van der Waals surface area contributed by atoms with E-state index in [1.165, 1.54) is 12.1 Å². The summed E-state index contributed by atoms with van der Waals surface area (Å²) in [6.45, 7) is 0.311. The van der Waals surface area contributed by atoms with Crippen molar-refractivity contribution in [2.24, 2.45) is 0 Å². The Morgan fingerprint density at radius 3 is 2.17 bits per heavy atom. The van der Waals surface area contributed by atoms with Crippen molar-refractivity contribution in [3.8, 4) is 11.8 Å². The number of nitro groups is 1. The van der Waals surface area contributed by atoms with Gasteiger partial charge in [-0.05, 0) is 127 Å². The van der Waals surface area contributed by atoms with Crippen LogP contribution < -0.4 is 4.74 Å². The van der Waals surface area contributed by atoms with E-state index in [0.717, 1.165) is 33.2 Å². The van der Waals surface area contributed by atoms with Crippen LogP contribution in [0.5, 0.6) is 5.75 Å². The van der Waals surface area contributed by atoms with Crippen molar-refractivity contribution in [2.75, 3.05) is 0 Å². The van der Waals surface area contributed by atoms with Gasteiger partial charge in [-0.15, -0.1) is 0 Å². The van der Waals surface area contributed by atoms with Gasteiger partial charge < -0.3 is 4.74 Å². The van der Waals surface area contributed by atoms with Crippen molar-refractivity contribution in [2.45, 2.75) is 6.61 Å². The molecule has 0 amide bonds. The van der Waals surface area contributed by atoms with Crippen LogP contribution in [0.25, 0.3) is 11.6 Å². The second kappa shape index (κ2) is 10.5. The Kier molecular flexibility index (Phi) is 8.06. The van der Waals surface area contributed by atoms with Crippen molar-refractivity contribution in [1.82, 2.24) is 0 Å². The summed E-state index contributed by atoms with van der Waals surface area (Å²) in [6.07, 6.45) is 1.87. The Labute approximate surface area is 214 Å². The lowest BCUT2D eigenvalue weighted by atomic mass is 10.0. The molecule has 0 aliphatic heterocycles. The number of nitro benzene ring substituents is 1. The fourth-order valence-electron chi connectivity index (χ4n) is 2.65. The first-order valence-electron chi connectivity index (χ1n) is 8.60. The van der Waals surface area contributed by atoms with Crippen LogP contribution >= 0.6 is 67.8 Å². The molecule has 0 atom stereocenters. The van der Waals surface area contributed by atoms with Crippen LogP contribution in [0.3, 0.4) is 0 Å². The molecule has 0 aromatic heterocycles. The summed E-state index contributed by atoms with van der Waals surface area (Å²) in [7, 11) is 0. The molecule has 3 aromatic carbocycles. The molecule has 0 bridgehead atoms. The fourth-order valence-corrected chi connectivity index (χ4v) is 5.13. The molecule has 0 heterocycles. The minimum absolute atomic E-state index is 0.0560. The standard InChI is InChI=1S/C22H13I3N2O3/c23-18-5-3-16(4-6-18)17(12-26)9-15-10-20(24)22(21(25)11-15)30-13-14-1-7-19(8-2-14)27(28)29/h1-11H,13H2/b17-9-. The number of hydrogen-bond acceptors (Lipinski definition) is 4. The molecule has 3 aromatic rings. The highest BCUT2D eigenvalue weighted by atomic mass is 127. The molecule has 8 heteroatoms. The third kappa shape index (κ3) is 5.92. The first-order chi connectivity index (χ1) is 14.4. The van der Waals surface area contributed by atoms with Gasteiger partial charge in [-0.1, -0.05) is 12.1 Å². The average Bonchev–Trinajstić information content (AvgIpc) is 2.72. The molecule has 0 N–H and O–H groups in total. The maximum Gasteiger partial charge on any atom is 0.269 e. The molecule has 30 heavy (non-hydrogen) atoms. The number of halogens is 3. The predicted molar refractivity (Wildman–Crippen MR) is 142 cm³/mol. The lowest BCUT2D eigenvalue weighted by Gasteiger charge is -2.12. The molecular weight excluding hydrogens is 721 g/mol. The van der Waals surface area contributed by atoms with Crippen LogP contribution in [-0.4, -0.2) is 4.92 Å². The number of non-ortho nitro benzene ring substituents is 1. The van der Waals surface area contributed by atoms with Gasteiger partial charge in [-0.3, -0.25) is 10.1 Å². The van der Waals surface area contributed by atoms with Gasteiger partial charge in [0, 0.05) is 15.7 Å². The molecule has 0 saturated carbocycles. The average molecular weight is 734 g/mol. The number of nitriles is 1. The van der Waals surface area contributed by atoms with Crippen molar-refractivity contribution < 1.29 is 9.66 Å². The minimum Gasteiger partial charge on any atom is -0.487 e. The number of benzene rings is 3. The Morgan fingerprint density at radius 2 is 1.63 bits per heavy atom. The zero-order valence-electron chi connectivity index (χ0n) is 15.3. The summed E-state index contributed by atoms with van der Waals surface area (Å²) in [5, 5.41) is 20.3. The van der Waals surface area contributed by atoms with Crippen molar-refractivity contribution in [1.29, 1.82) is 5.26 Å². The second-order valence-corrected chi connectivity index (χ2v) is 9.77. The molecule has 0 spiro atoms. The molecule has 0 saturated heterocycles. The summed E-state index contributed by atoms with van der Waals surface area (Å²) in [5.41, 5.74) is 3.29. The van der Waals surface area contributed by atoms with Crippen molar-refractivity contribution in [3.05, 3.63) is 98.2 Å². The number of rotatable bonds is 6.